The van der Waals surface area contributed by atoms with Crippen LogP contribution in [0.25, 0.3) is 16.6 Å². The Morgan fingerprint density at radius 1 is 1.10 bits per heavy atom. The lowest BCUT2D eigenvalue weighted by atomic mass is 10.2. The van der Waals surface area contributed by atoms with Crippen LogP contribution in [0, 0.1) is 0 Å². The van der Waals surface area contributed by atoms with E-state index in [9.17, 15) is 4.79 Å². The summed E-state index contributed by atoms with van der Waals surface area (Å²) in [6, 6.07) is 17.3. The maximum absolute atomic E-state index is 13.1. The van der Waals surface area contributed by atoms with Gasteiger partial charge in [0.1, 0.15) is 0 Å². The van der Waals surface area contributed by atoms with Crippen LogP contribution in [0.15, 0.2) is 76.9 Å². The van der Waals surface area contributed by atoms with E-state index in [4.69, 9.17) is 9.72 Å². The topological polar surface area (TPSA) is 61.9 Å². The minimum Gasteiger partial charge on any atom is -0.383 e. The average molecular weight is 407 g/mol. The first-order valence-electron chi connectivity index (χ1n) is 9.39. The number of para-hydroxylation sites is 2. The summed E-state index contributed by atoms with van der Waals surface area (Å²) in [7, 11) is 1.64. The Labute approximate surface area is 173 Å². The fourth-order valence-electron chi connectivity index (χ4n) is 3.24. The average Bonchev–Trinajstić information content (AvgIpc) is 3.22. The molecule has 4 rings (SSSR count). The minimum atomic E-state index is -0.112. The van der Waals surface area contributed by atoms with E-state index >= 15 is 0 Å². The quantitative estimate of drug-likeness (QED) is 0.342. The predicted octanol–water partition coefficient (Wildman–Crippen LogP) is 4.08. The van der Waals surface area contributed by atoms with Gasteiger partial charge in [0.25, 0.3) is 5.56 Å². The van der Waals surface area contributed by atoms with Gasteiger partial charge in [-0.05, 0) is 31.2 Å². The lowest BCUT2D eigenvalue weighted by molar-refractivity contribution is 0.156. The van der Waals surface area contributed by atoms with Crippen LogP contribution in [0.4, 0.5) is 0 Å². The van der Waals surface area contributed by atoms with Crippen molar-refractivity contribution < 1.29 is 4.74 Å². The largest absolute Gasteiger partial charge is 0.383 e. The summed E-state index contributed by atoms with van der Waals surface area (Å²) in [5, 5.41) is 5.76. The first-order chi connectivity index (χ1) is 14.2. The van der Waals surface area contributed by atoms with Crippen molar-refractivity contribution in [2.24, 2.45) is 0 Å². The maximum Gasteiger partial charge on any atom is 0.262 e. The summed E-state index contributed by atoms with van der Waals surface area (Å²) in [5.74, 6) is 0.664. The molecule has 2 heterocycles. The van der Waals surface area contributed by atoms with Gasteiger partial charge < -0.3 is 4.74 Å². The monoisotopic (exact) mass is 406 g/mol. The van der Waals surface area contributed by atoms with Crippen LogP contribution in [-0.2, 0) is 10.5 Å². The number of ether oxygens (including phenoxy) is 1. The van der Waals surface area contributed by atoms with E-state index in [1.54, 1.807) is 11.7 Å². The van der Waals surface area contributed by atoms with Gasteiger partial charge in [0, 0.05) is 24.6 Å². The molecule has 0 amide bonds. The van der Waals surface area contributed by atoms with Gasteiger partial charge in [0.15, 0.2) is 5.16 Å². The van der Waals surface area contributed by atoms with Crippen LogP contribution in [0.2, 0.25) is 0 Å². The standard InChI is InChI=1S/C22H22N4O2S/c1-16(14-28-2)26-21(27)19-10-6-7-11-20(19)24-22(26)29-15-17-12-23-25(13-17)18-8-4-3-5-9-18/h3-13,16H,14-15H2,1-2H3. The Bertz CT molecular complexity index is 1170. The minimum absolute atomic E-state index is 0.0392. The van der Waals surface area contributed by atoms with E-state index in [2.05, 4.69) is 5.10 Å². The number of methoxy groups -OCH3 is 1. The van der Waals surface area contributed by atoms with Crippen molar-refractivity contribution in [2.75, 3.05) is 13.7 Å². The highest BCUT2D eigenvalue weighted by Crippen LogP contribution is 2.25. The smallest absolute Gasteiger partial charge is 0.262 e. The number of thioether (sulfide) groups is 1. The highest BCUT2D eigenvalue weighted by atomic mass is 32.2. The summed E-state index contributed by atoms with van der Waals surface area (Å²) < 4.78 is 8.87. The van der Waals surface area contributed by atoms with Crippen molar-refractivity contribution in [2.45, 2.75) is 23.9 Å². The molecule has 0 saturated carbocycles. The molecular weight excluding hydrogens is 384 g/mol. The highest BCUT2D eigenvalue weighted by Gasteiger charge is 2.17. The van der Waals surface area contributed by atoms with Crippen molar-refractivity contribution in [1.29, 1.82) is 0 Å². The Balaban J connectivity index is 1.64. The molecule has 148 valence electrons. The molecule has 0 spiro atoms. The second-order valence-corrected chi connectivity index (χ2v) is 7.75. The third-order valence-electron chi connectivity index (χ3n) is 4.65. The lowest BCUT2D eigenvalue weighted by Gasteiger charge is -2.18. The van der Waals surface area contributed by atoms with Crippen LogP contribution < -0.4 is 5.56 Å². The third-order valence-corrected chi connectivity index (χ3v) is 5.67. The van der Waals surface area contributed by atoms with Gasteiger partial charge in [-0.1, -0.05) is 42.1 Å². The van der Waals surface area contributed by atoms with Crippen molar-refractivity contribution in [1.82, 2.24) is 19.3 Å². The van der Waals surface area contributed by atoms with E-state index < -0.39 is 0 Å². The number of benzene rings is 2. The fourth-order valence-corrected chi connectivity index (χ4v) is 4.25. The summed E-state index contributed by atoms with van der Waals surface area (Å²) in [6.07, 6.45) is 3.85. The number of fused-ring (bicyclic) bond motifs is 1. The van der Waals surface area contributed by atoms with Crippen molar-refractivity contribution in [3.63, 3.8) is 0 Å². The molecule has 2 aromatic heterocycles. The molecule has 0 aliphatic heterocycles. The van der Waals surface area contributed by atoms with Crippen molar-refractivity contribution in [3.05, 3.63) is 82.9 Å². The molecule has 0 bridgehead atoms. The molecule has 4 aromatic rings. The summed E-state index contributed by atoms with van der Waals surface area (Å²) >= 11 is 1.53. The number of rotatable bonds is 7. The zero-order valence-electron chi connectivity index (χ0n) is 16.4. The summed E-state index contributed by atoms with van der Waals surface area (Å²) in [5.41, 5.74) is 2.74. The second kappa shape index (κ2) is 8.63. The van der Waals surface area contributed by atoms with Gasteiger partial charge in [-0.15, -0.1) is 0 Å². The third kappa shape index (κ3) is 4.11. The number of nitrogens with zero attached hydrogens (tertiary/aromatic N) is 4. The first kappa shape index (κ1) is 19.4. The predicted molar refractivity (Wildman–Crippen MR) is 116 cm³/mol. The van der Waals surface area contributed by atoms with Crippen molar-refractivity contribution >= 4 is 22.7 Å². The SMILES string of the molecule is COCC(C)n1c(SCc2cnn(-c3ccccc3)c2)nc2ccccc2c1=O. The van der Waals surface area contributed by atoms with Gasteiger partial charge in [0.2, 0.25) is 0 Å². The van der Waals surface area contributed by atoms with E-state index in [0.717, 1.165) is 11.3 Å². The Morgan fingerprint density at radius 3 is 2.66 bits per heavy atom. The van der Waals surface area contributed by atoms with Crippen LogP contribution in [-0.4, -0.2) is 33.0 Å². The molecule has 7 heteroatoms. The fraction of sp³-hybridized carbons (Fsp3) is 0.227. The normalized spacial score (nSPS) is 12.3. The van der Waals surface area contributed by atoms with Gasteiger partial charge in [-0.25, -0.2) is 9.67 Å². The maximum atomic E-state index is 13.1. The number of aromatic nitrogens is 4. The molecule has 0 radical (unpaired) electrons. The molecule has 0 aliphatic carbocycles. The van der Waals surface area contributed by atoms with E-state index in [-0.39, 0.29) is 11.6 Å². The lowest BCUT2D eigenvalue weighted by Crippen LogP contribution is -2.28. The molecule has 2 aromatic carbocycles. The molecule has 0 saturated heterocycles. The molecule has 0 fully saturated rings. The zero-order valence-corrected chi connectivity index (χ0v) is 17.2. The summed E-state index contributed by atoms with van der Waals surface area (Å²) in [4.78, 5) is 17.9. The molecule has 6 nitrogen and oxygen atoms in total. The van der Waals surface area contributed by atoms with Gasteiger partial charge in [-0.2, -0.15) is 5.10 Å². The van der Waals surface area contributed by atoms with Gasteiger partial charge >= 0.3 is 0 Å². The number of hydrogen-bond donors (Lipinski definition) is 0. The first-order valence-corrected chi connectivity index (χ1v) is 10.4. The zero-order chi connectivity index (χ0) is 20.2. The van der Waals surface area contributed by atoms with E-state index in [0.29, 0.717) is 28.4 Å². The van der Waals surface area contributed by atoms with E-state index in [1.807, 2.05) is 78.6 Å². The van der Waals surface area contributed by atoms with Crippen LogP contribution >= 0.6 is 11.8 Å². The van der Waals surface area contributed by atoms with Crippen LogP contribution in [0.3, 0.4) is 0 Å². The Hall–Kier alpha value is -2.90. The second-order valence-electron chi connectivity index (χ2n) is 6.81. The molecule has 1 unspecified atom stereocenters. The number of hydrogen-bond acceptors (Lipinski definition) is 5. The van der Waals surface area contributed by atoms with Gasteiger partial charge in [-0.3, -0.25) is 9.36 Å². The van der Waals surface area contributed by atoms with E-state index in [1.165, 1.54) is 11.8 Å². The van der Waals surface area contributed by atoms with Crippen LogP contribution in [0.5, 0.6) is 0 Å². The Kier molecular flexibility index (Phi) is 5.78. The Morgan fingerprint density at radius 2 is 1.86 bits per heavy atom. The van der Waals surface area contributed by atoms with Crippen molar-refractivity contribution in [3.8, 4) is 5.69 Å². The highest BCUT2D eigenvalue weighted by molar-refractivity contribution is 7.98. The van der Waals surface area contributed by atoms with Gasteiger partial charge in [0.05, 0.1) is 35.4 Å². The molecule has 0 aliphatic rings. The summed E-state index contributed by atoms with van der Waals surface area (Å²) in [6.45, 7) is 2.41. The molecule has 1 atom stereocenters. The molecular formula is C22H22N4O2S. The molecule has 0 N–H and O–H groups in total. The van der Waals surface area contributed by atoms with Crippen LogP contribution in [0.1, 0.15) is 18.5 Å². The molecule has 29 heavy (non-hydrogen) atoms.